The first-order valence-corrected chi connectivity index (χ1v) is 10.8. The van der Waals surface area contributed by atoms with Crippen LogP contribution in [0.2, 0.25) is 0 Å². The number of hydrogen-bond donors (Lipinski definition) is 3. The van der Waals surface area contributed by atoms with Gasteiger partial charge in [0.05, 0.1) is 6.20 Å². The van der Waals surface area contributed by atoms with Crippen molar-refractivity contribution in [1.82, 2.24) is 25.2 Å². The summed E-state index contributed by atoms with van der Waals surface area (Å²) >= 11 is 0. The molecule has 1 aliphatic heterocycles. The standard InChI is InChI=1S/C21H24B2F2N6O2/c1-26-20(15(25)7-13(24)9-28-14-3-2-6-27-10-14)16-11-29-18-8-17(33-21(22,23)32)19(12-4-5-12)30-31(16)18/h7-8,11-12,14,27-28,32H,1-6,9-10H2/b13-7+,20-15+. The molecule has 0 bridgehead atoms. The summed E-state index contributed by atoms with van der Waals surface area (Å²) in [5.74, 6) is -1.31. The van der Waals surface area contributed by atoms with Crippen LogP contribution in [-0.2, 0) is 0 Å². The molecule has 8 nitrogen and oxygen atoms in total. The van der Waals surface area contributed by atoms with E-state index >= 15 is 0 Å². The molecule has 1 saturated carbocycles. The number of nitrogens with one attached hydrogen (secondary N) is 2. The van der Waals surface area contributed by atoms with Gasteiger partial charge in [-0.1, -0.05) is 0 Å². The van der Waals surface area contributed by atoms with Crippen LogP contribution in [-0.4, -0.2) is 73.4 Å². The maximum Gasteiger partial charge on any atom is 0.157 e. The van der Waals surface area contributed by atoms with Crippen LogP contribution >= 0.6 is 0 Å². The van der Waals surface area contributed by atoms with E-state index in [-0.39, 0.29) is 41.3 Å². The van der Waals surface area contributed by atoms with Crippen LogP contribution in [0.1, 0.15) is 43.0 Å². The maximum atomic E-state index is 15.0. The van der Waals surface area contributed by atoms with Crippen LogP contribution in [0.25, 0.3) is 11.3 Å². The molecule has 2 aromatic heterocycles. The molecule has 12 heteroatoms. The lowest BCUT2D eigenvalue weighted by Crippen LogP contribution is -2.43. The number of nitrogens with zero attached hydrogens (tertiary/aromatic N) is 4. The molecule has 0 amide bonds. The Bertz CT molecular complexity index is 1090. The van der Waals surface area contributed by atoms with E-state index in [1.54, 1.807) is 0 Å². The molecule has 3 heterocycles. The first kappa shape index (κ1) is 23.6. The summed E-state index contributed by atoms with van der Waals surface area (Å²) in [6.07, 6.45) is 5.80. The predicted octanol–water partition coefficient (Wildman–Crippen LogP) is 1.46. The van der Waals surface area contributed by atoms with Gasteiger partial charge in [0.1, 0.15) is 34.2 Å². The number of fused-ring (bicyclic) bond motifs is 1. The molecule has 1 unspecified atom stereocenters. The zero-order chi connectivity index (χ0) is 23.6. The van der Waals surface area contributed by atoms with Gasteiger partial charge in [-0.25, -0.2) is 18.3 Å². The molecule has 1 aliphatic carbocycles. The minimum Gasteiger partial charge on any atom is -0.480 e. The van der Waals surface area contributed by atoms with Crippen molar-refractivity contribution < 1.29 is 18.6 Å². The first-order chi connectivity index (χ1) is 15.7. The highest BCUT2D eigenvalue weighted by Gasteiger charge is 2.31. The molecule has 170 valence electrons. The number of allylic oxidation sites excluding steroid dienone is 2. The van der Waals surface area contributed by atoms with Gasteiger partial charge in [-0.05, 0) is 38.9 Å². The Hall–Kier alpha value is -2.56. The summed E-state index contributed by atoms with van der Waals surface area (Å²) in [5.41, 5.74) is -1.63. The van der Waals surface area contributed by atoms with Crippen LogP contribution in [0.15, 0.2) is 35.0 Å². The van der Waals surface area contributed by atoms with E-state index in [0.717, 1.165) is 44.8 Å². The van der Waals surface area contributed by atoms with Gasteiger partial charge < -0.3 is 20.5 Å². The summed E-state index contributed by atoms with van der Waals surface area (Å²) in [6, 6.07) is 1.63. The fourth-order valence-corrected chi connectivity index (χ4v) is 3.77. The highest BCUT2D eigenvalue weighted by atomic mass is 19.1. The Balaban J connectivity index is 1.62. The van der Waals surface area contributed by atoms with Crippen LogP contribution < -0.4 is 15.4 Å². The molecule has 1 saturated heterocycles. The predicted molar refractivity (Wildman–Crippen MR) is 123 cm³/mol. The average Bonchev–Trinajstić information content (AvgIpc) is 3.53. The topological polar surface area (TPSA) is 96.1 Å². The Morgan fingerprint density at radius 2 is 2.21 bits per heavy atom. The van der Waals surface area contributed by atoms with Crippen molar-refractivity contribution in [3.8, 4) is 5.75 Å². The highest BCUT2D eigenvalue weighted by Crippen LogP contribution is 2.44. The number of rotatable bonds is 9. The number of aliphatic hydroxyl groups is 1. The lowest BCUT2D eigenvalue weighted by atomic mass is 9.76. The van der Waals surface area contributed by atoms with Crippen molar-refractivity contribution >= 4 is 33.8 Å². The molecule has 2 fully saturated rings. The second-order valence-corrected chi connectivity index (χ2v) is 8.31. The van der Waals surface area contributed by atoms with Crippen LogP contribution in [0.3, 0.4) is 0 Å². The number of ether oxygens (including phenoxy) is 1. The third kappa shape index (κ3) is 5.87. The number of aliphatic imine (C=N–C) groups is 1. The van der Waals surface area contributed by atoms with Gasteiger partial charge in [0.25, 0.3) is 0 Å². The molecule has 0 spiro atoms. The van der Waals surface area contributed by atoms with E-state index < -0.39 is 17.2 Å². The summed E-state index contributed by atoms with van der Waals surface area (Å²) in [6.45, 7) is 5.03. The Kier molecular flexibility index (Phi) is 6.96. The molecule has 2 aliphatic rings. The fraction of sp³-hybridized carbons (Fsp3) is 0.476. The number of piperidine rings is 1. The van der Waals surface area contributed by atoms with Crippen molar-refractivity contribution in [1.29, 1.82) is 0 Å². The Morgan fingerprint density at radius 3 is 2.85 bits per heavy atom. The minimum atomic E-state index is -2.39. The number of halogens is 2. The van der Waals surface area contributed by atoms with Crippen molar-refractivity contribution in [2.75, 3.05) is 19.6 Å². The van der Waals surface area contributed by atoms with Crippen molar-refractivity contribution in [2.24, 2.45) is 4.99 Å². The summed E-state index contributed by atoms with van der Waals surface area (Å²) in [5, 5.41) is 20.4. The van der Waals surface area contributed by atoms with E-state index in [9.17, 15) is 13.9 Å². The van der Waals surface area contributed by atoms with E-state index in [2.05, 4.69) is 32.4 Å². The SMILES string of the molecule is [B]C([B])(O)Oc1cc2ncc(/C(N=C)=C(F)/C=C(/F)CNC3CCCNC3)n2nc1C1CC1. The second kappa shape index (κ2) is 9.74. The highest BCUT2D eigenvalue weighted by molar-refractivity contribution is 6.37. The monoisotopic (exact) mass is 452 g/mol. The zero-order valence-corrected chi connectivity index (χ0v) is 18.1. The van der Waals surface area contributed by atoms with E-state index in [0.29, 0.717) is 5.69 Å². The van der Waals surface area contributed by atoms with Crippen LogP contribution in [0, 0.1) is 0 Å². The third-order valence-corrected chi connectivity index (χ3v) is 5.49. The lowest BCUT2D eigenvalue weighted by Gasteiger charge is -2.23. The smallest absolute Gasteiger partial charge is 0.157 e. The van der Waals surface area contributed by atoms with E-state index in [1.165, 1.54) is 16.8 Å². The zero-order valence-electron chi connectivity index (χ0n) is 18.1. The molecule has 0 aromatic carbocycles. The van der Waals surface area contributed by atoms with E-state index in [4.69, 9.17) is 20.4 Å². The fourth-order valence-electron chi connectivity index (χ4n) is 3.77. The molecule has 33 heavy (non-hydrogen) atoms. The lowest BCUT2D eigenvalue weighted by molar-refractivity contribution is 0.0116. The molecule has 1 atom stereocenters. The maximum absolute atomic E-state index is 15.0. The van der Waals surface area contributed by atoms with Gasteiger partial charge in [0.15, 0.2) is 27.2 Å². The summed E-state index contributed by atoms with van der Waals surface area (Å²) in [7, 11) is 10.7. The van der Waals surface area contributed by atoms with Gasteiger partial charge in [-0.15, -0.1) is 0 Å². The number of aromatic nitrogens is 3. The van der Waals surface area contributed by atoms with Gasteiger partial charge >= 0.3 is 0 Å². The van der Waals surface area contributed by atoms with Crippen molar-refractivity contribution in [3.63, 3.8) is 0 Å². The molecule has 3 N–H and O–H groups in total. The Morgan fingerprint density at radius 1 is 1.42 bits per heavy atom. The van der Waals surface area contributed by atoms with E-state index in [1.807, 2.05) is 0 Å². The molecule has 2 aromatic rings. The van der Waals surface area contributed by atoms with Gasteiger partial charge in [0.2, 0.25) is 0 Å². The summed E-state index contributed by atoms with van der Waals surface area (Å²) in [4.78, 5) is 7.95. The van der Waals surface area contributed by atoms with Gasteiger partial charge in [0, 0.05) is 37.2 Å². The normalized spacial score (nSPS) is 20.6. The van der Waals surface area contributed by atoms with Crippen LogP contribution in [0.5, 0.6) is 5.75 Å². The molecular formula is C21H24B2F2N6O2. The second-order valence-electron chi connectivity index (χ2n) is 8.31. The van der Waals surface area contributed by atoms with Gasteiger partial charge in [-0.3, -0.25) is 4.99 Å². The average molecular weight is 452 g/mol. The molecular weight excluding hydrogens is 428 g/mol. The largest absolute Gasteiger partial charge is 0.480 e. The molecule has 4 radical (unpaired) electrons. The van der Waals surface area contributed by atoms with Crippen LogP contribution in [0.4, 0.5) is 8.78 Å². The minimum absolute atomic E-state index is 0.0775. The van der Waals surface area contributed by atoms with Gasteiger partial charge in [-0.2, -0.15) is 5.10 Å². The quantitative estimate of drug-likeness (QED) is 0.231. The number of imidazole rings is 1. The summed E-state index contributed by atoms with van der Waals surface area (Å²) < 4.78 is 36.0. The third-order valence-electron chi connectivity index (χ3n) is 5.49. The Labute approximate surface area is 193 Å². The van der Waals surface area contributed by atoms with Crippen molar-refractivity contribution in [2.45, 2.75) is 43.2 Å². The first-order valence-electron chi connectivity index (χ1n) is 10.8. The number of hydrogen-bond acceptors (Lipinski definition) is 7. The molecule has 4 rings (SSSR count). The van der Waals surface area contributed by atoms with Crippen molar-refractivity contribution in [3.05, 3.63) is 41.4 Å².